The molecule has 1 fully saturated rings. The van der Waals surface area contributed by atoms with Crippen molar-refractivity contribution in [2.75, 3.05) is 0 Å². The van der Waals surface area contributed by atoms with Crippen LogP contribution in [-0.4, -0.2) is 22.3 Å². The van der Waals surface area contributed by atoms with E-state index in [1.807, 2.05) is 12.1 Å². The first-order valence-electron chi connectivity index (χ1n) is 6.61. The first-order chi connectivity index (χ1) is 8.63. The standard InChI is InChI=1S/C15H20O3/c16-14-6-4-13(10-14)9-12-3-1-2-11(8-12)5-7-15(17)18/h1-3,8,13-14,16H,4-7,9-10H2,(H,17,18)/t13?,14-/m1/s1. The Morgan fingerprint density at radius 2 is 2.06 bits per heavy atom. The maximum atomic E-state index is 10.5. The zero-order chi connectivity index (χ0) is 13.0. The monoisotopic (exact) mass is 248 g/mol. The van der Waals surface area contributed by atoms with E-state index in [0.717, 1.165) is 31.2 Å². The van der Waals surface area contributed by atoms with Gasteiger partial charge in [0.25, 0.3) is 0 Å². The minimum Gasteiger partial charge on any atom is -0.481 e. The largest absolute Gasteiger partial charge is 0.481 e. The molecular formula is C15H20O3. The summed E-state index contributed by atoms with van der Waals surface area (Å²) in [6, 6.07) is 8.18. The van der Waals surface area contributed by atoms with Crippen LogP contribution in [0.5, 0.6) is 0 Å². The molecule has 2 rings (SSSR count). The van der Waals surface area contributed by atoms with E-state index >= 15 is 0 Å². The van der Waals surface area contributed by atoms with Gasteiger partial charge >= 0.3 is 5.97 Å². The topological polar surface area (TPSA) is 57.5 Å². The van der Waals surface area contributed by atoms with Crippen molar-refractivity contribution < 1.29 is 15.0 Å². The first kappa shape index (κ1) is 13.1. The molecule has 1 unspecified atom stereocenters. The number of carbonyl (C=O) groups is 1. The highest BCUT2D eigenvalue weighted by Gasteiger charge is 2.22. The van der Waals surface area contributed by atoms with E-state index in [1.54, 1.807) is 0 Å². The molecule has 1 aromatic rings. The van der Waals surface area contributed by atoms with Gasteiger partial charge in [-0.2, -0.15) is 0 Å². The summed E-state index contributed by atoms with van der Waals surface area (Å²) in [5, 5.41) is 18.2. The van der Waals surface area contributed by atoms with E-state index < -0.39 is 5.97 Å². The zero-order valence-corrected chi connectivity index (χ0v) is 10.5. The first-order valence-corrected chi connectivity index (χ1v) is 6.61. The second-order valence-corrected chi connectivity index (χ2v) is 5.25. The van der Waals surface area contributed by atoms with Crippen molar-refractivity contribution in [1.29, 1.82) is 0 Å². The lowest BCUT2D eigenvalue weighted by atomic mass is 9.96. The van der Waals surface area contributed by atoms with Crippen LogP contribution in [0.15, 0.2) is 24.3 Å². The Balaban J connectivity index is 1.92. The summed E-state index contributed by atoms with van der Waals surface area (Å²) in [6.07, 6.45) is 4.58. The molecule has 0 aromatic heterocycles. The van der Waals surface area contributed by atoms with E-state index in [0.29, 0.717) is 12.3 Å². The third-order valence-corrected chi connectivity index (χ3v) is 3.66. The number of benzene rings is 1. The van der Waals surface area contributed by atoms with Crippen LogP contribution in [0, 0.1) is 5.92 Å². The van der Waals surface area contributed by atoms with Gasteiger partial charge in [-0.3, -0.25) is 4.79 Å². The highest BCUT2D eigenvalue weighted by atomic mass is 16.4. The van der Waals surface area contributed by atoms with E-state index in [4.69, 9.17) is 5.11 Å². The molecule has 1 aliphatic carbocycles. The van der Waals surface area contributed by atoms with E-state index in [-0.39, 0.29) is 12.5 Å². The molecule has 1 saturated carbocycles. The van der Waals surface area contributed by atoms with Gasteiger partial charge in [0, 0.05) is 6.42 Å². The Morgan fingerprint density at radius 1 is 1.28 bits per heavy atom. The Morgan fingerprint density at radius 3 is 2.72 bits per heavy atom. The van der Waals surface area contributed by atoms with Gasteiger partial charge in [-0.25, -0.2) is 0 Å². The lowest BCUT2D eigenvalue weighted by Crippen LogP contribution is -2.04. The molecule has 98 valence electrons. The number of carboxylic acids is 1. The van der Waals surface area contributed by atoms with Crippen molar-refractivity contribution in [3.05, 3.63) is 35.4 Å². The molecule has 0 aliphatic heterocycles. The van der Waals surface area contributed by atoms with E-state index in [9.17, 15) is 9.90 Å². The number of aliphatic hydroxyl groups excluding tert-OH is 1. The van der Waals surface area contributed by atoms with Gasteiger partial charge in [0.05, 0.1) is 6.10 Å². The summed E-state index contributed by atoms with van der Waals surface area (Å²) in [4.78, 5) is 10.5. The minimum atomic E-state index is -0.751. The average molecular weight is 248 g/mol. The van der Waals surface area contributed by atoms with Crippen molar-refractivity contribution >= 4 is 5.97 Å². The molecule has 2 N–H and O–H groups in total. The van der Waals surface area contributed by atoms with Crippen LogP contribution in [0.4, 0.5) is 0 Å². The molecule has 0 bridgehead atoms. The number of hydrogen-bond acceptors (Lipinski definition) is 2. The number of hydrogen-bond donors (Lipinski definition) is 2. The zero-order valence-electron chi connectivity index (χ0n) is 10.5. The van der Waals surface area contributed by atoms with Gasteiger partial charge in [0.1, 0.15) is 0 Å². The number of aryl methyl sites for hydroxylation is 1. The Kier molecular flexibility index (Phi) is 4.37. The van der Waals surface area contributed by atoms with Crippen LogP contribution in [0.25, 0.3) is 0 Å². The number of carboxylic acid groups (broad SMARTS) is 1. The SMILES string of the molecule is O=C(O)CCc1cccc(CC2CC[C@@H](O)C2)c1. The molecule has 1 aliphatic rings. The van der Waals surface area contributed by atoms with Gasteiger partial charge in [-0.15, -0.1) is 0 Å². The van der Waals surface area contributed by atoms with Gasteiger partial charge in [-0.05, 0) is 49.1 Å². The predicted molar refractivity (Wildman–Crippen MR) is 69.5 cm³/mol. The van der Waals surface area contributed by atoms with Crippen LogP contribution in [0.2, 0.25) is 0 Å². The second kappa shape index (κ2) is 6.01. The van der Waals surface area contributed by atoms with Crippen LogP contribution in [-0.2, 0) is 17.6 Å². The van der Waals surface area contributed by atoms with Gasteiger partial charge in [0.2, 0.25) is 0 Å². The maximum Gasteiger partial charge on any atom is 0.303 e. The van der Waals surface area contributed by atoms with E-state index in [1.165, 1.54) is 5.56 Å². The van der Waals surface area contributed by atoms with Crippen LogP contribution in [0.1, 0.15) is 36.8 Å². The van der Waals surface area contributed by atoms with Crippen molar-refractivity contribution in [2.45, 2.75) is 44.6 Å². The smallest absolute Gasteiger partial charge is 0.303 e. The molecule has 1 aromatic carbocycles. The quantitative estimate of drug-likeness (QED) is 0.841. The minimum absolute atomic E-state index is 0.120. The summed E-state index contributed by atoms with van der Waals surface area (Å²) < 4.78 is 0. The fraction of sp³-hybridized carbons (Fsp3) is 0.533. The van der Waals surface area contributed by atoms with Crippen molar-refractivity contribution in [2.24, 2.45) is 5.92 Å². The summed E-state index contributed by atoms with van der Waals surface area (Å²) in [5.74, 6) is -0.172. The molecule has 0 saturated heterocycles. The number of aliphatic hydroxyl groups is 1. The third-order valence-electron chi connectivity index (χ3n) is 3.66. The summed E-state index contributed by atoms with van der Waals surface area (Å²) in [7, 11) is 0. The van der Waals surface area contributed by atoms with Crippen molar-refractivity contribution in [3.8, 4) is 0 Å². The van der Waals surface area contributed by atoms with Gasteiger partial charge < -0.3 is 10.2 Å². The molecule has 3 nitrogen and oxygen atoms in total. The van der Waals surface area contributed by atoms with E-state index in [2.05, 4.69) is 12.1 Å². The fourth-order valence-electron chi connectivity index (χ4n) is 2.73. The van der Waals surface area contributed by atoms with Gasteiger partial charge in [0.15, 0.2) is 0 Å². The van der Waals surface area contributed by atoms with Crippen LogP contribution in [0.3, 0.4) is 0 Å². The van der Waals surface area contributed by atoms with Crippen molar-refractivity contribution in [3.63, 3.8) is 0 Å². The Bertz CT molecular complexity index is 414. The highest BCUT2D eigenvalue weighted by Crippen LogP contribution is 2.28. The maximum absolute atomic E-state index is 10.5. The molecule has 0 radical (unpaired) electrons. The molecule has 3 heteroatoms. The molecule has 2 atom stereocenters. The van der Waals surface area contributed by atoms with Crippen molar-refractivity contribution in [1.82, 2.24) is 0 Å². The molecule has 0 amide bonds. The lowest BCUT2D eigenvalue weighted by molar-refractivity contribution is -0.136. The van der Waals surface area contributed by atoms with Crippen LogP contribution < -0.4 is 0 Å². The summed E-state index contributed by atoms with van der Waals surface area (Å²) in [6.45, 7) is 0. The third kappa shape index (κ3) is 3.84. The fourth-order valence-corrected chi connectivity index (χ4v) is 2.73. The Labute approximate surface area is 107 Å². The normalized spacial score (nSPS) is 23.2. The molecule has 0 heterocycles. The predicted octanol–water partition coefficient (Wildman–Crippen LogP) is 2.41. The molecular weight excluding hydrogens is 228 g/mol. The van der Waals surface area contributed by atoms with Gasteiger partial charge in [-0.1, -0.05) is 24.3 Å². The molecule has 18 heavy (non-hydrogen) atoms. The van der Waals surface area contributed by atoms with Crippen LogP contribution >= 0.6 is 0 Å². The number of rotatable bonds is 5. The second-order valence-electron chi connectivity index (χ2n) is 5.25. The summed E-state index contributed by atoms with van der Waals surface area (Å²) >= 11 is 0. The lowest BCUT2D eigenvalue weighted by Gasteiger charge is -2.10. The average Bonchev–Trinajstić information content (AvgIpc) is 2.73. The Hall–Kier alpha value is -1.35. The highest BCUT2D eigenvalue weighted by molar-refractivity contribution is 5.67. The molecule has 0 spiro atoms. The number of aliphatic carboxylic acids is 1. The summed E-state index contributed by atoms with van der Waals surface area (Å²) in [5.41, 5.74) is 2.35.